The summed E-state index contributed by atoms with van der Waals surface area (Å²) in [5.74, 6) is -2.21. The van der Waals surface area contributed by atoms with E-state index in [1.165, 1.54) is 23.5 Å². The van der Waals surface area contributed by atoms with Crippen molar-refractivity contribution in [2.45, 2.75) is 13.0 Å². The first-order valence-corrected chi connectivity index (χ1v) is 6.26. The molecule has 0 unspecified atom stereocenters. The number of carboxylic acid groups (broad SMARTS) is 1. The third kappa shape index (κ3) is 3.72. The summed E-state index contributed by atoms with van der Waals surface area (Å²) in [7, 11) is 0. The number of aromatic nitrogens is 1. The van der Waals surface area contributed by atoms with Gasteiger partial charge in [-0.15, -0.1) is 11.3 Å². The fraction of sp³-hybridized carbons (Fsp3) is 0.167. The predicted molar refractivity (Wildman–Crippen MR) is 67.1 cm³/mol. The van der Waals surface area contributed by atoms with Crippen LogP contribution < -0.4 is 5.32 Å². The fourth-order valence-corrected chi connectivity index (χ4v) is 2.17. The van der Waals surface area contributed by atoms with Gasteiger partial charge in [-0.25, -0.2) is 13.8 Å². The molecule has 0 fully saturated rings. The topological polar surface area (TPSA) is 62.2 Å². The highest BCUT2D eigenvalue weighted by molar-refractivity contribution is 7.13. The summed E-state index contributed by atoms with van der Waals surface area (Å²) in [6.07, 6.45) is -0.150. The lowest BCUT2D eigenvalue weighted by Gasteiger charge is -2.04. The number of benzene rings is 1. The van der Waals surface area contributed by atoms with Crippen LogP contribution in [0.4, 0.5) is 13.9 Å². The van der Waals surface area contributed by atoms with Crippen molar-refractivity contribution >= 4 is 22.4 Å². The molecule has 0 aliphatic rings. The van der Waals surface area contributed by atoms with Gasteiger partial charge in [0.15, 0.2) is 5.13 Å². The molecule has 0 saturated heterocycles. The SMILES string of the molecule is O=C(O)Cc1csc(NCc2ccc(F)cc2F)n1. The third-order valence-electron chi connectivity index (χ3n) is 2.33. The Hall–Kier alpha value is -2.02. The highest BCUT2D eigenvalue weighted by Crippen LogP contribution is 2.18. The first kappa shape index (κ1) is 13.4. The van der Waals surface area contributed by atoms with Gasteiger partial charge in [-0.05, 0) is 6.07 Å². The van der Waals surface area contributed by atoms with E-state index in [4.69, 9.17) is 5.11 Å². The second kappa shape index (κ2) is 5.75. The van der Waals surface area contributed by atoms with Crippen molar-refractivity contribution in [2.24, 2.45) is 0 Å². The minimum Gasteiger partial charge on any atom is -0.481 e. The van der Waals surface area contributed by atoms with Gasteiger partial charge in [0.2, 0.25) is 0 Å². The van der Waals surface area contributed by atoms with E-state index in [2.05, 4.69) is 10.3 Å². The second-order valence-corrected chi connectivity index (χ2v) is 4.66. The number of hydrogen-bond donors (Lipinski definition) is 2. The van der Waals surface area contributed by atoms with E-state index in [0.717, 1.165) is 6.07 Å². The van der Waals surface area contributed by atoms with Gasteiger partial charge in [0.1, 0.15) is 11.6 Å². The van der Waals surface area contributed by atoms with E-state index in [1.54, 1.807) is 5.38 Å². The first-order valence-electron chi connectivity index (χ1n) is 5.38. The predicted octanol–water partition coefficient (Wildman–Crippen LogP) is 2.66. The third-order valence-corrected chi connectivity index (χ3v) is 3.18. The van der Waals surface area contributed by atoms with E-state index in [1.807, 2.05) is 0 Å². The lowest BCUT2D eigenvalue weighted by atomic mass is 10.2. The molecule has 0 aliphatic heterocycles. The number of carbonyl (C=O) groups is 1. The molecule has 19 heavy (non-hydrogen) atoms. The Morgan fingerprint density at radius 1 is 1.42 bits per heavy atom. The van der Waals surface area contributed by atoms with Crippen molar-refractivity contribution in [2.75, 3.05) is 5.32 Å². The van der Waals surface area contributed by atoms with Crippen LogP contribution in [0.2, 0.25) is 0 Å². The quantitative estimate of drug-likeness (QED) is 0.886. The average Bonchev–Trinajstić information content (AvgIpc) is 2.74. The largest absolute Gasteiger partial charge is 0.481 e. The summed E-state index contributed by atoms with van der Waals surface area (Å²) < 4.78 is 26.1. The molecule has 0 bridgehead atoms. The molecule has 2 N–H and O–H groups in total. The fourth-order valence-electron chi connectivity index (χ4n) is 1.46. The zero-order chi connectivity index (χ0) is 13.8. The monoisotopic (exact) mass is 284 g/mol. The Kier molecular flexibility index (Phi) is 4.06. The number of thiazole rings is 1. The van der Waals surface area contributed by atoms with Crippen molar-refractivity contribution in [1.29, 1.82) is 0 Å². The minimum atomic E-state index is -0.957. The maximum absolute atomic E-state index is 13.4. The summed E-state index contributed by atoms with van der Waals surface area (Å²) in [5, 5.41) is 13.6. The van der Waals surface area contributed by atoms with Gasteiger partial charge < -0.3 is 10.4 Å². The number of halogens is 2. The van der Waals surface area contributed by atoms with Crippen LogP contribution in [0.15, 0.2) is 23.6 Å². The summed E-state index contributed by atoms with van der Waals surface area (Å²) in [4.78, 5) is 14.5. The number of nitrogens with zero attached hydrogens (tertiary/aromatic N) is 1. The van der Waals surface area contributed by atoms with Crippen LogP contribution in [0.25, 0.3) is 0 Å². The van der Waals surface area contributed by atoms with Crippen LogP contribution in [0.5, 0.6) is 0 Å². The number of carboxylic acids is 1. The zero-order valence-corrected chi connectivity index (χ0v) is 10.5. The molecule has 0 radical (unpaired) electrons. The molecule has 0 aliphatic carbocycles. The molecule has 100 valence electrons. The van der Waals surface area contributed by atoms with Crippen molar-refractivity contribution < 1.29 is 18.7 Å². The molecule has 0 spiro atoms. The molecule has 2 rings (SSSR count). The van der Waals surface area contributed by atoms with E-state index in [-0.39, 0.29) is 13.0 Å². The molecule has 1 heterocycles. The summed E-state index contributed by atoms with van der Waals surface area (Å²) in [5.41, 5.74) is 0.760. The second-order valence-electron chi connectivity index (χ2n) is 3.80. The van der Waals surface area contributed by atoms with Gasteiger partial charge in [-0.2, -0.15) is 0 Å². The van der Waals surface area contributed by atoms with Gasteiger partial charge in [0.05, 0.1) is 12.1 Å². The Balaban J connectivity index is 1.98. The number of anilines is 1. The molecule has 0 atom stereocenters. The molecule has 0 amide bonds. The molecule has 2 aromatic rings. The number of nitrogens with one attached hydrogen (secondary N) is 1. The van der Waals surface area contributed by atoms with Crippen LogP contribution in [-0.2, 0) is 17.8 Å². The Morgan fingerprint density at radius 2 is 2.21 bits per heavy atom. The highest BCUT2D eigenvalue weighted by atomic mass is 32.1. The molecular weight excluding hydrogens is 274 g/mol. The van der Waals surface area contributed by atoms with E-state index in [0.29, 0.717) is 16.4 Å². The Labute approximate surface area is 111 Å². The molecule has 1 aromatic heterocycles. The maximum Gasteiger partial charge on any atom is 0.309 e. The molecular formula is C12H10F2N2O2S. The smallest absolute Gasteiger partial charge is 0.309 e. The van der Waals surface area contributed by atoms with Crippen molar-refractivity contribution in [3.63, 3.8) is 0 Å². The molecule has 0 saturated carbocycles. The van der Waals surface area contributed by atoms with Gasteiger partial charge in [-0.1, -0.05) is 6.07 Å². The standard InChI is InChI=1S/C12H10F2N2O2S/c13-8-2-1-7(10(14)3-8)5-15-12-16-9(6-19-12)4-11(17)18/h1-3,6H,4-5H2,(H,15,16)(H,17,18). The zero-order valence-electron chi connectivity index (χ0n) is 9.69. The van der Waals surface area contributed by atoms with Crippen molar-refractivity contribution in [1.82, 2.24) is 4.98 Å². The molecule has 4 nitrogen and oxygen atoms in total. The highest BCUT2D eigenvalue weighted by Gasteiger charge is 2.07. The van der Waals surface area contributed by atoms with E-state index in [9.17, 15) is 13.6 Å². The van der Waals surface area contributed by atoms with E-state index < -0.39 is 17.6 Å². The van der Waals surface area contributed by atoms with Crippen LogP contribution in [0.1, 0.15) is 11.3 Å². The Morgan fingerprint density at radius 3 is 2.89 bits per heavy atom. The molecule has 7 heteroatoms. The number of hydrogen-bond acceptors (Lipinski definition) is 4. The number of aliphatic carboxylic acids is 1. The van der Waals surface area contributed by atoms with Gasteiger partial charge in [-0.3, -0.25) is 4.79 Å². The van der Waals surface area contributed by atoms with Gasteiger partial charge in [0.25, 0.3) is 0 Å². The van der Waals surface area contributed by atoms with Crippen molar-refractivity contribution in [3.05, 3.63) is 46.5 Å². The number of rotatable bonds is 5. The first-order chi connectivity index (χ1) is 9.04. The van der Waals surface area contributed by atoms with E-state index >= 15 is 0 Å². The van der Waals surface area contributed by atoms with Crippen LogP contribution in [-0.4, -0.2) is 16.1 Å². The Bertz CT molecular complexity index is 601. The normalized spacial score (nSPS) is 10.4. The summed E-state index contributed by atoms with van der Waals surface area (Å²) in [6.45, 7) is 0.159. The molecule has 1 aromatic carbocycles. The maximum atomic E-state index is 13.4. The van der Waals surface area contributed by atoms with Crippen LogP contribution in [0.3, 0.4) is 0 Å². The minimum absolute atomic E-state index is 0.150. The summed E-state index contributed by atoms with van der Waals surface area (Å²) >= 11 is 1.24. The van der Waals surface area contributed by atoms with Gasteiger partial charge >= 0.3 is 5.97 Å². The van der Waals surface area contributed by atoms with Gasteiger partial charge in [0, 0.05) is 23.6 Å². The lowest BCUT2D eigenvalue weighted by molar-refractivity contribution is -0.136. The lowest BCUT2D eigenvalue weighted by Crippen LogP contribution is -2.03. The van der Waals surface area contributed by atoms with Crippen LogP contribution in [0, 0.1) is 11.6 Å². The van der Waals surface area contributed by atoms with Crippen molar-refractivity contribution in [3.8, 4) is 0 Å². The average molecular weight is 284 g/mol. The van der Waals surface area contributed by atoms with Crippen LogP contribution >= 0.6 is 11.3 Å². The summed E-state index contributed by atoms with van der Waals surface area (Å²) in [6, 6.07) is 3.34.